The Morgan fingerprint density at radius 1 is 1.45 bits per heavy atom. The number of nitrogens with one attached hydrogen (secondary N) is 1. The van der Waals surface area contributed by atoms with Gasteiger partial charge in [-0.2, -0.15) is 5.10 Å². The van der Waals surface area contributed by atoms with Crippen LogP contribution in [0.25, 0.3) is 10.2 Å². The van der Waals surface area contributed by atoms with E-state index in [1.807, 2.05) is 24.4 Å². The van der Waals surface area contributed by atoms with Gasteiger partial charge in [-0.25, -0.2) is 0 Å². The minimum atomic E-state index is -0.175. The first kappa shape index (κ1) is 13.0. The average Bonchev–Trinajstić information content (AvgIpc) is 3.07. The van der Waals surface area contributed by atoms with Gasteiger partial charge in [0.05, 0.1) is 17.9 Å². The molecule has 0 radical (unpaired) electrons. The number of carbonyl (C=O) groups excluding carboxylic acids is 1. The second kappa shape index (κ2) is 5.18. The molecule has 0 fully saturated rings. The maximum absolute atomic E-state index is 12.3. The molecule has 0 aliphatic rings. The van der Waals surface area contributed by atoms with Crippen LogP contribution in [-0.2, 0) is 0 Å². The minimum absolute atomic E-state index is 0.0433. The first-order valence-corrected chi connectivity index (χ1v) is 7.70. The Labute approximate surface area is 123 Å². The Morgan fingerprint density at radius 2 is 2.30 bits per heavy atom. The first-order valence-electron chi connectivity index (χ1n) is 6.00. The summed E-state index contributed by atoms with van der Waals surface area (Å²) in [4.78, 5) is 14.6. The lowest BCUT2D eigenvalue weighted by atomic mass is 10.2. The van der Waals surface area contributed by atoms with Gasteiger partial charge in [0, 0.05) is 10.3 Å². The molecule has 1 atom stereocenters. The number of hydrogen-bond donors (Lipinski definition) is 2. The second-order valence-electron chi connectivity index (χ2n) is 4.31. The van der Waals surface area contributed by atoms with Crippen LogP contribution in [0.4, 0.5) is 5.69 Å². The lowest BCUT2D eigenvalue weighted by molar-refractivity contribution is 0.0945. The predicted octanol–water partition coefficient (Wildman–Crippen LogP) is 2.83. The summed E-state index contributed by atoms with van der Waals surface area (Å²) in [6.07, 6.45) is 1.57. The van der Waals surface area contributed by atoms with Gasteiger partial charge < -0.3 is 11.1 Å². The van der Waals surface area contributed by atoms with E-state index in [1.54, 1.807) is 23.6 Å². The molecule has 0 aliphatic heterocycles. The Bertz CT molecular complexity index is 751. The van der Waals surface area contributed by atoms with Gasteiger partial charge in [-0.05, 0) is 24.4 Å². The molecule has 0 spiro atoms. The Hall–Kier alpha value is -1.99. The highest BCUT2D eigenvalue weighted by Gasteiger charge is 2.19. The number of nitrogen functional groups attached to an aromatic ring is 1. The largest absolute Gasteiger partial charge is 0.397 e. The number of rotatable bonds is 3. The van der Waals surface area contributed by atoms with E-state index in [4.69, 9.17) is 5.73 Å². The summed E-state index contributed by atoms with van der Waals surface area (Å²) in [5.41, 5.74) is 6.49. The van der Waals surface area contributed by atoms with E-state index in [0.717, 1.165) is 10.3 Å². The summed E-state index contributed by atoms with van der Waals surface area (Å²) in [5, 5.41) is 13.5. The third-order valence-corrected chi connectivity index (χ3v) is 5.10. The lowest BCUT2D eigenvalue weighted by Gasteiger charge is -2.11. The van der Waals surface area contributed by atoms with Gasteiger partial charge in [0.25, 0.3) is 5.91 Å². The predicted molar refractivity (Wildman–Crippen MR) is 82.0 cm³/mol. The van der Waals surface area contributed by atoms with Crippen molar-refractivity contribution in [3.8, 4) is 0 Å². The number of thiophene rings is 2. The van der Waals surface area contributed by atoms with E-state index in [9.17, 15) is 4.79 Å². The van der Waals surface area contributed by atoms with Crippen molar-refractivity contribution in [2.45, 2.75) is 13.0 Å². The fourth-order valence-corrected chi connectivity index (χ4v) is 3.59. The van der Waals surface area contributed by atoms with Crippen molar-refractivity contribution in [1.29, 1.82) is 0 Å². The first-order chi connectivity index (χ1) is 9.66. The van der Waals surface area contributed by atoms with Crippen LogP contribution in [0.15, 0.2) is 29.8 Å². The molecule has 3 aromatic heterocycles. The molecule has 1 unspecified atom stereocenters. The van der Waals surface area contributed by atoms with Gasteiger partial charge in [0.1, 0.15) is 9.71 Å². The van der Waals surface area contributed by atoms with Crippen LogP contribution in [0.2, 0.25) is 0 Å². The van der Waals surface area contributed by atoms with E-state index in [2.05, 4.69) is 15.5 Å². The molecule has 0 saturated heterocycles. The topological polar surface area (TPSA) is 80.9 Å². The number of carbonyl (C=O) groups is 1. The van der Waals surface area contributed by atoms with Gasteiger partial charge in [0.15, 0.2) is 0 Å². The van der Waals surface area contributed by atoms with Gasteiger partial charge in [-0.3, -0.25) is 4.79 Å². The zero-order valence-electron chi connectivity index (χ0n) is 10.7. The molecule has 3 aromatic rings. The molecule has 0 aliphatic carbocycles. The Kier molecular flexibility index (Phi) is 3.37. The van der Waals surface area contributed by atoms with E-state index in [0.29, 0.717) is 15.4 Å². The number of amides is 1. The number of hydrogen-bond acceptors (Lipinski definition) is 6. The van der Waals surface area contributed by atoms with Crippen molar-refractivity contribution in [3.63, 3.8) is 0 Å². The van der Waals surface area contributed by atoms with E-state index in [1.165, 1.54) is 11.3 Å². The third kappa shape index (κ3) is 2.25. The zero-order valence-corrected chi connectivity index (χ0v) is 12.3. The number of fused-ring (bicyclic) bond motifs is 1. The van der Waals surface area contributed by atoms with Gasteiger partial charge in [-0.1, -0.05) is 6.07 Å². The lowest BCUT2D eigenvalue weighted by Crippen LogP contribution is -2.25. The number of nitrogens with two attached hydrogens (primary N) is 1. The molecule has 5 nitrogen and oxygen atoms in total. The number of anilines is 1. The van der Waals surface area contributed by atoms with Crippen molar-refractivity contribution in [3.05, 3.63) is 39.5 Å². The van der Waals surface area contributed by atoms with Crippen LogP contribution in [0.3, 0.4) is 0 Å². The molecule has 7 heteroatoms. The molecule has 102 valence electrons. The van der Waals surface area contributed by atoms with Crippen LogP contribution in [0.1, 0.15) is 27.5 Å². The molecule has 0 bridgehead atoms. The molecule has 3 rings (SSSR count). The molecule has 0 saturated carbocycles. The highest BCUT2D eigenvalue weighted by Crippen LogP contribution is 2.32. The summed E-state index contributed by atoms with van der Waals surface area (Å²) in [7, 11) is 0. The summed E-state index contributed by atoms with van der Waals surface area (Å²) < 4.78 is 0. The fraction of sp³-hybridized carbons (Fsp3) is 0.154. The summed E-state index contributed by atoms with van der Waals surface area (Å²) in [5.74, 6) is -0.175. The van der Waals surface area contributed by atoms with E-state index < -0.39 is 0 Å². The maximum Gasteiger partial charge on any atom is 0.264 e. The normalized spacial score (nSPS) is 12.4. The highest BCUT2D eigenvalue weighted by molar-refractivity contribution is 7.21. The average molecular weight is 304 g/mol. The van der Waals surface area contributed by atoms with Crippen LogP contribution >= 0.6 is 22.7 Å². The highest BCUT2D eigenvalue weighted by atomic mass is 32.1. The van der Waals surface area contributed by atoms with Gasteiger partial charge in [-0.15, -0.1) is 27.8 Å². The molecular formula is C13H12N4OS2. The summed E-state index contributed by atoms with van der Waals surface area (Å²) in [6.45, 7) is 1.95. The monoisotopic (exact) mass is 304 g/mol. The smallest absolute Gasteiger partial charge is 0.264 e. The van der Waals surface area contributed by atoms with Gasteiger partial charge >= 0.3 is 0 Å². The quantitative estimate of drug-likeness (QED) is 0.779. The van der Waals surface area contributed by atoms with Crippen molar-refractivity contribution in [1.82, 2.24) is 15.5 Å². The van der Waals surface area contributed by atoms with Crippen molar-refractivity contribution >= 4 is 44.5 Å². The number of nitrogens with zero attached hydrogens (tertiary/aromatic N) is 2. The maximum atomic E-state index is 12.3. The Balaban J connectivity index is 1.87. The second-order valence-corrected chi connectivity index (χ2v) is 6.28. The van der Waals surface area contributed by atoms with Gasteiger partial charge in [0.2, 0.25) is 0 Å². The molecule has 0 aromatic carbocycles. The third-order valence-electron chi connectivity index (χ3n) is 2.94. The molecule has 3 N–H and O–H groups in total. The molecule has 1 amide bonds. The van der Waals surface area contributed by atoms with Crippen LogP contribution in [-0.4, -0.2) is 16.1 Å². The fourth-order valence-electron chi connectivity index (χ4n) is 1.91. The van der Waals surface area contributed by atoms with Crippen LogP contribution in [0.5, 0.6) is 0 Å². The standard InChI is InChI=1S/C13H12N4OS2/c1-7(9-3-2-6-19-9)16-12(18)11-10(14)8-4-5-15-17-13(8)20-11/h2-7H,14H2,1H3,(H,16,18). The summed E-state index contributed by atoms with van der Waals surface area (Å²) in [6, 6.07) is 5.69. The van der Waals surface area contributed by atoms with E-state index in [-0.39, 0.29) is 11.9 Å². The number of aromatic nitrogens is 2. The van der Waals surface area contributed by atoms with Crippen molar-refractivity contribution < 1.29 is 4.79 Å². The Morgan fingerprint density at radius 3 is 3.00 bits per heavy atom. The molecular weight excluding hydrogens is 292 g/mol. The zero-order chi connectivity index (χ0) is 14.1. The molecule has 20 heavy (non-hydrogen) atoms. The van der Waals surface area contributed by atoms with Crippen LogP contribution in [0, 0.1) is 0 Å². The van der Waals surface area contributed by atoms with Crippen molar-refractivity contribution in [2.75, 3.05) is 5.73 Å². The molecule has 3 heterocycles. The summed E-state index contributed by atoms with van der Waals surface area (Å²) >= 11 is 2.88. The SMILES string of the molecule is CC(NC(=O)c1sc2nnccc2c1N)c1cccs1. The van der Waals surface area contributed by atoms with Crippen molar-refractivity contribution in [2.24, 2.45) is 0 Å². The van der Waals surface area contributed by atoms with E-state index >= 15 is 0 Å². The van der Waals surface area contributed by atoms with Crippen LogP contribution < -0.4 is 11.1 Å². The minimum Gasteiger partial charge on any atom is -0.397 e.